The SMILES string of the molecule is CC1=C(O)C(C)Nc2ccccc21. The van der Waals surface area contributed by atoms with E-state index in [-0.39, 0.29) is 6.04 Å². The quantitative estimate of drug-likeness (QED) is 0.635. The number of aliphatic hydroxyl groups excluding tert-OH is 1. The fraction of sp³-hybridized carbons (Fsp3) is 0.273. The molecule has 2 N–H and O–H groups in total. The van der Waals surface area contributed by atoms with Gasteiger partial charge in [0.15, 0.2) is 0 Å². The molecule has 1 aromatic carbocycles. The molecule has 2 nitrogen and oxygen atoms in total. The van der Waals surface area contributed by atoms with Crippen LogP contribution in [0.15, 0.2) is 30.0 Å². The van der Waals surface area contributed by atoms with Crippen molar-refractivity contribution in [3.63, 3.8) is 0 Å². The highest BCUT2D eigenvalue weighted by Crippen LogP contribution is 2.31. The van der Waals surface area contributed by atoms with Crippen molar-refractivity contribution < 1.29 is 5.11 Å². The Kier molecular flexibility index (Phi) is 1.76. The van der Waals surface area contributed by atoms with Gasteiger partial charge in [0, 0.05) is 11.3 Å². The number of fused-ring (bicyclic) bond motifs is 1. The molecule has 2 rings (SSSR count). The average molecular weight is 175 g/mol. The molecule has 0 saturated heterocycles. The minimum absolute atomic E-state index is 0.0231. The first kappa shape index (κ1) is 8.17. The predicted octanol–water partition coefficient (Wildman–Crippen LogP) is 2.79. The van der Waals surface area contributed by atoms with Crippen molar-refractivity contribution in [2.75, 3.05) is 5.32 Å². The number of hydrogen-bond donors (Lipinski definition) is 2. The normalized spacial score (nSPS) is 20.9. The number of nitrogens with one attached hydrogen (secondary N) is 1. The van der Waals surface area contributed by atoms with Crippen LogP contribution in [-0.4, -0.2) is 11.1 Å². The molecule has 2 heteroatoms. The molecule has 0 amide bonds. The third-order valence-corrected chi connectivity index (χ3v) is 2.50. The summed E-state index contributed by atoms with van der Waals surface area (Å²) >= 11 is 0. The molecule has 0 bridgehead atoms. The van der Waals surface area contributed by atoms with E-state index in [2.05, 4.69) is 5.32 Å². The molecule has 0 spiro atoms. The highest BCUT2D eigenvalue weighted by molar-refractivity contribution is 5.80. The largest absolute Gasteiger partial charge is 0.510 e. The lowest BCUT2D eigenvalue weighted by molar-refractivity contribution is 0.382. The van der Waals surface area contributed by atoms with Crippen LogP contribution in [0.1, 0.15) is 19.4 Å². The van der Waals surface area contributed by atoms with E-state index in [4.69, 9.17) is 0 Å². The first-order valence-corrected chi connectivity index (χ1v) is 4.46. The lowest BCUT2D eigenvalue weighted by Gasteiger charge is -2.25. The summed E-state index contributed by atoms with van der Waals surface area (Å²) < 4.78 is 0. The van der Waals surface area contributed by atoms with Crippen LogP contribution in [0, 0.1) is 0 Å². The molecule has 68 valence electrons. The lowest BCUT2D eigenvalue weighted by atomic mass is 9.97. The van der Waals surface area contributed by atoms with Gasteiger partial charge in [-0.1, -0.05) is 18.2 Å². The molecule has 0 aliphatic carbocycles. The molecule has 0 radical (unpaired) electrons. The smallest absolute Gasteiger partial charge is 0.118 e. The summed E-state index contributed by atoms with van der Waals surface area (Å²) in [6.07, 6.45) is 0. The summed E-state index contributed by atoms with van der Waals surface area (Å²) in [7, 11) is 0. The second-order valence-corrected chi connectivity index (χ2v) is 3.42. The van der Waals surface area contributed by atoms with E-state index >= 15 is 0 Å². The maximum atomic E-state index is 9.71. The lowest BCUT2D eigenvalue weighted by Crippen LogP contribution is -2.23. The molecule has 1 heterocycles. The van der Waals surface area contributed by atoms with Gasteiger partial charge in [-0.05, 0) is 25.5 Å². The van der Waals surface area contributed by atoms with E-state index in [0.717, 1.165) is 16.8 Å². The Bertz CT molecular complexity index is 368. The zero-order valence-corrected chi connectivity index (χ0v) is 7.83. The van der Waals surface area contributed by atoms with Crippen molar-refractivity contribution in [3.8, 4) is 0 Å². The second kappa shape index (κ2) is 2.80. The van der Waals surface area contributed by atoms with Crippen LogP contribution in [-0.2, 0) is 0 Å². The minimum Gasteiger partial charge on any atom is -0.510 e. The van der Waals surface area contributed by atoms with Gasteiger partial charge in [0.05, 0.1) is 6.04 Å². The molecule has 0 saturated carbocycles. The summed E-state index contributed by atoms with van der Waals surface area (Å²) in [6.45, 7) is 3.90. The van der Waals surface area contributed by atoms with Gasteiger partial charge in [0.2, 0.25) is 0 Å². The Labute approximate surface area is 77.9 Å². The highest BCUT2D eigenvalue weighted by Gasteiger charge is 2.19. The van der Waals surface area contributed by atoms with Gasteiger partial charge in [0.1, 0.15) is 5.76 Å². The third-order valence-electron chi connectivity index (χ3n) is 2.50. The zero-order chi connectivity index (χ0) is 9.42. The van der Waals surface area contributed by atoms with E-state index in [0.29, 0.717) is 5.76 Å². The maximum Gasteiger partial charge on any atom is 0.118 e. The van der Waals surface area contributed by atoms with E-state index < -0.39 is 0 Å². The van der Waals surface area contributed by atoms with Crippen LogP contribution in [0.4, 0.5) is 5.69 Å². The first-order chi connectivity index (χ1) is 6.20. The van der Waals surface area contributed by atoms with Crippen LogP contribution in [0.25, 0.3) is 5.57 Å². The molecule has 1 aromatic rings. The zero-order valence-electron chi connectivity index (χ0n) is 7.83. The van der Waals surface area contributed by atoms with Gasteiger partial charge in [-0.3, -0.25) is 0 Å². The molecule has 1 aliphatic rings. The standard InChI is InChI=1S/C11H13NO/c1-7-9-5-3-4-6-10(9)12-8(2)11(7)13/h3-6,8,12-13H,1-2H3. The van der Waals surface area contributed by atoms with Gasteiger partial charge >= 0.3 is 0 Å². The van der Waals surface area contributed by atoms with Gasteiger partial charge in [-0.25, -0.2) is 0 Å². The van der Waals surface area contributed by atoms with Crippen molar-refractivity contribution in [1.29, 1.82) is 0 Å². The topological polar surface area (TPSA) is 32.3 Å². The Morgan fingerprint density at radius 3 is 2.77 bits per heavy atom. The van der Waals surface area contributed by atoms with Crippen LogP contribution in [0.3, 0.4) is 0 Å². The van der Waals surface area contributed by atoms with Gasteiger partial charge in [0.25, 0.3) is 0 Å². The van der Waals surface area contributed by atoms with Gasteiger partial charge < -0.3 is 10.4 Å². The Hall–Kier alpha value is -1.44. The number of benzene rings is 1. The van der Waals surface area contributed by atoms with Gasteiger partial charge in [-0.2, -0.15) is 0 Å². The predicted molar refractivity (Wildman–Crippen MR) is 54.7 cm³/mol. The summed E-state index contributed by atoms with van der Waals surface area (Å²) in [5.74, 6) is 0.443. The molecule has 0 fully saturated rings. The summed E-state index contributed by atoms with van der Waals surface area (Å²) in [6, 6.07) is 8.04. The first-order valence-electron chi connectivity index (χ1n) is 4.46. The third kappa shape index (κ3) is 1.18. The fourth-order valence-corrected chi connectivity index (χ4v) is 1.70. The van der Waals surface area contributed by atoms with Crippen molar-refractivity contribution in [3.05, 3.63) is 35.6 Å². The number of allylic oxidation sites excluding steroid dienone is 1. The number of rotatable bonds is 0. The van der Waals surface area contributed by atoms with Gasteiger partial charge in [-0.15, -0.1) is 0 Å². The molecular formula is C11H13NO. The molecule has 0 aromatic heterocycles. The van der Waals surface area contributed by atoms with Crippen LogP contribution in [0.2, 0.25) is 0 Å². The molecular weight excluding hydrogens is 162 g/mol. The Morgan fingerprint density at radius 2 is 2.00 bits per heavy atom. The van der Waals surface area contributed by atoms with Crippen LogP contribution >= 0.6 is 0 Å². The van der Waals surface area contributed by atoms with E-state index in [9.17, 15) is 5.11 Å². The summed E-state index contributed by atoms with van der Waals surface area (Å²) in [4.78, 5) is 0. The number of hydrogen-bond acceptors (Lipinski definition) is 2. The minimum atomic E-state index is 0.0231. The highest BCUT2D eigenvalue weighted by atomic mass is 16.3. The van der Waals surface area contributed by atoms with Crippen molar-refractivity contribution in [2.24, 2.45) is 0 Å². The van der Waals surface area contributed by atoms with Crippen LogP contribution in [0.5, 0.6) is 0 Å². The van der Waals surface area contributed by atoms with Crippen molar-refractivity contribution in [1.82, 2.24) is 0 Å². The average Bonchev–Trinajstić information content (AvgIpc) is 2.15. The number of para-hydroxylation sites is 1. The summed E-state index contributed by atoms with van der Waals surface area (Å²) in [5, 5.41) is 12.9. The second-order valence-electron chi connectivity index (χ2n) is 3.42. The summed E-state index contributed by atoms with van der Waals surface area (Å²) in [5.41, 5.74) is 3.17. The number of aliphatic hydroxyl groups is 1. The van der Waals surface area contributed by atoms with E-state index in [1.807, 2.05) is 38.1 Å². The van der Waals surface area contributed by atoms with Crippen molar-refractivity contribution in [2.45, 2.75) is 19.9 Å². The fourth-order valence-electron chi connectivity index (χ4n) is 1.70. The Balaban J connectivity index is 2.59. The van der Waals surface area contributed by atoms with Crippen molar-refractivity contribution >= 4 is 11.3 Å². The monoisotopic (exact) mass is 175 g/mol. The van der Waals surface area contributed by atoms with Crippen LogP contribution < -0.4 is 5.32 Å². The number of anilines is 1. The van der Waals surface area contributed by atoms with E-state index in [1.165, 1.54) is 0 Å². The maximum absolute atomic E-state index is 9.71. The molecule has 13 heavy (non-hydrogen) atoms. The van der Waals surface area contributed by atoms with E-state index in [1.54, 1.807) is 0 Å². The Morgan fingerprint density at radius 1 is 1.31 bits per heavy atom. The molecule has 1 unspecified atom stereocenters. The molecule has 1 atom stereocenters. The molecule has 1 aliphatic heterocycles.